The first-order chi connectivity index (χ1) is 9.36. The maximum Gasteiger partial charge on any atom is 0.225 e. The van der Waals surface area contributed by atoms with Crippen molar-refractivity contribution in [3.8, 4) is 0 Å². The lowest BCUT2D eigenvalue weighted by atomic mass is 9.66. The quantitative estimate of drug-likeness (QED) is 0.862. The Morgan fingerprint density at radius 3 is 2.50 bits per heavy atom. The summed E-state index contributed by atoms with van der Waals surface area (Å²) in [4.78, 5) is 12.2. The molecule has 0 bridgehead atoms. The molecule has 0 atom stereocenters. The van der Waals surface area contributed by atoms with Crippen LogP contribution in [-0.4, -0.2) is 27.1 Å². The molecule has 1 aromatic carbocycles. The van der Waals surface area contributed by atoms with Crippen molar-refractivity contribution in [3.63, 3.8) is 0 Å². The van der Waals surface area contributed by atoms with Gasteiger partial charge in [-0.15, -0.1) is 0 Å². The van der Waals surface area contributed by atoms with Crippen LogP contribution < -0.4 is 11.1 Å². The number of hydrogen-bond donors (Lipinski definition) is 2. The zero-order valence-corrected chi connectivity index (χ0v) is 12.4. The molecule has 0 spiro atoms. The zero-order chi connectivity index (χ0) is 14.8. The average Bonchev–Trinajstić information content (AvgIpc) is 2.33. The summed E-state index contributed by atoms with van der Waals surface area (Å²) in [5, 5.41) is 2.70. The highest BCUT2D eigenvalue weighted by atomic mass is 32.2. The van der Waals surface area contributed by atoms with Gasteiger partial charge in [0.25, 0.3) is 0 Å². The molecule has 5 nitrogen and oxygen atoms in total. The van der Waals surface area contributed by atoms with Crippen LogP contribution >= 0.6 is 0 Å². The maximum atomic E-state index is 12.1. The molecule has 0 unspecified atom stereocenters. The second-order valence-electron chi connectivity index (χ2n) is 5.55. The van der Waals surface area contributed by atoms with Gasteiger partial charge in [-0.25, -0.2) is 8.42 Å². The number of para-hydroxylation sites is 1. The van der Waals surface area contributed by atoms with E-state index in [2.05, 4.69) is 5.32 Å². The predicted octanol–water partition coefficient (Wildman–Crippen LogP) is 1.55. The molecule has 0 aromatic heterocycles. The first kappa shape index (κ1) is 15.0. The van der Waals surface area contributed by atoms with Gasteiger partial charge >= 0.3 is 0 Å². The van der Waals surface area contributed by atoms with Crippen LogP contribution in [-0.2, 0) is 14.6 Å². The molecule has 6 heteroatoms. The van der Waals surface area contributed by atoms with E-state index in [9.17, 15) is 13.2 Å². The molecule has 1 saturated carbocycles. The van der Waals surface area contributed by atoms with Crippen molar-refractivity contribution in [2.24, 2.45) is 11.1 Å². The van der Waals surface area contributed by atoms with E-state index in [-0.39, 0.29) is 16.2 Å². The Morgan fingerprint density at radius 1 is 1.35 bits per heavy atom. The molecule has 1 aliphatic rings. The fourth-order valence-electron chi connectivity index (χ4n) is 2.56. The Morgan fingerprint density at radius 2 is 2.00 bits per heavy atom. The largest absolute Gasteiger partial charge is 0.330 e. The Balaban J connectivity index is 2.13. The fraction of sp³-hybridized carbons (Fsp3) is 0.500. The number of anilines is 1. The molecule has 3 N–H and O–H groups in total. The van der Waals surface area contributed by atoms with Crippen LogP contribution in [0.4, 0.5) is 5.69 Å². The van der Waals surface area contributed by atoms with E-state index in [1.807, 2.05) is 0 Å². The van der Waals surface area contributed by atoms with Gasteiger partial charge in [-0.05, 0) is 36.9 Å². The standard InChI is InChI=1S/C14H20N2O3S/c1-20(18,19)12-6-3-2-5-11(12)16-13(17)9-14(10-15)7-4-8-14/h2-3,5-6H,4,7-10,15H2,1H3,(H,16,17). The lowest BCUT2D eigenvalue weighted by Gasteiger charge is -2.40. The van der Waals surface area contributed by atoms with Crippen LogP contribution in [0.5, 0.6) is 0 Å². The molecule has 110 valence electrons. The van der Waals surface area contributed by atoms with Crippen molar-refractivity contribution in [2.75, 3.05) is 18.1 Å². The number of nitrogens with one attached hydrogen (secondary N) is 1. The molecular formula is C14H20N2O3S. The number of carbonyl (C=O) groups excluding carboxylic acids is 1. The molecule has 1 fully saturated rings. The topological polar surface area (TPSA) is 89.3 Å². The summed E-state index contributed by atoms with van der Waals surface area (Å²) < 4.78 is 23.3. The van der Waals surface area contributed by atoms with Crippen molar-refractivity contribution < 1.29 is 13.2 Å². The molecule has 1 aromatic rings. The molecular weight excluding hydrogens is 276 g/mol. The van der Waals surface area contributed by atoms with E-state index in [1.165, 1.54) is 6.07 Å². The number of rotatable bonds is 5. The molecule has 0 radical (unpaired) electrons. The van der Waals surface area contributed by atoms with Gasteiger partial charge in [0.2, 0.25) is 5.91 Å². The number of benzene rings is 1. The van der Waals surface area contributed by atoms with Gasteiger partial charge in [0.15, 0.2) is 9.84 Å². The molecule has 0 saturated heterocycles. The second-order valence-corrected chi connectivity index (χ2v) is 7.54. The van der Waals surface area contributed by atoms with Crippen LogP contribution in [0, 0.1) is 5.41 Å². The van der Waals surface area contributed by atoms with Crippen molar-refractivity contribution in [2.45, 2.75) is 30.6 Å². The first-order valence-corrected chi connectivity index (χ1v) is 8.54. The molecule has 0 heterocycles. The van der Waals surface area contributed by atoms with Gasteiger partial charge < -0.3 is 11.1 Å². The minimum absolute atomic E-state index is 0.0931. The Kier molecular flexibility index (Phi) is 4.15. The number of carbonyl (C=O) groups is 1. The lowest BCUT2D eigenvalue weighted by molar-refractivity contribution is -0.119. The van der Waals surface area contributed by atoms with E-state index < -0.39 is 9.84 Å². The molecule has 20 heavy (non-hydrogen) atoms. The van der Waals surface area contributed by atoms with Crippen molar-refractivity contribution in [3.05, 3.63) is 24.3 Å². The minimum Gasteiger partial charge on any atom is -0.330 e. The van der Waals surface area contributed by atoms with E-state index in [0.717, 1.165) is 25.5 Å². The Labute approximate surface area is 119 Å². The smallest absolute Gasteiger partial charge is 0.225 e. The van der Waals surface area contributed by atoms with Crippen molar-refractivity contribution >= 4 is 21.4 Å². The molecule has 2 rings (SSSR count). The Bertz CT molecular complexity index is 601. The van der Waals surface area contributed by atoms with Crippen LogP contribution in [0.2, 0.25) is 0 Å². The number of sulfone groups is 1. The summed E-state index contributed by atoms with van der Waals surface area (Å²) in [5.41, 5.74) is 5.98. The maximum absolute atomic E-state index is 12.1. The minimum atomic E-state index is -3.36. The van der Waals surface area contributed by atoms with Gasteiger partial charge in [-0.1, -0.05) is 18.6 Å². The third kappa shape index (κ3) is 3.19. The number of amides is 1. The van der Waals surface area contributed by atoms with Crippen molar-refractivity contribution in [1.82, 2.24) is 0 Å². The SMILES string of the molecule is CS(=O)(=O)c1ccccc1NC(=O)CC1(CN)CCC1. The summed E-state index contributed by atoms with van der Waals surface area (Å²) in [5.74, 6) is -0.175. The highest BCUT2D eigenvalue weighted by Crippen LogP contribution is 2.43. The van der Waals surface area contributed by atoms with E-state index in [1.54, 1.807) is 18.2 Å². The summed E-state index contributed by atoms with van der Waals surface area (Å²) in [6.07, 6.45) is 4.51. The van der Waals surface area contributed by atoms with Crippen LogP contribution in [0.1, 0.15) is 25.7 Å². The summed E-state index contributed by atoms with van der Waals surface area (Å²) in [6, 6.07) is 6.43. The fourth-order valence-corrected chi connectivity index (χ4v) is 3.40. The van der Waals surface area contributed by atoms with Crippen LogP contribution in [0.3, 0.4) is 0 Å². The zero-order valence-electron chi connectivity index (χ0n) is 11.6. The second kappa shape index (κ2) is 5.54. The highest BCUT2D eigenvalue weighted by Gasteiger charge is 2.37. The average molecular weight is 296 g/mol. The normalized spacial score (nSPS) is 17.3. The van der Waals surface area contributed by atoms with Crippen LogP contribution in [0.15, 0.2) is 29.2 Å². The molecule has 1 amide bonds. The van der Waals surface area contributed by atoms with Gasteiger partial charge in [0, 0.05) is 12.7 Å². The van der Waals surface area contributed by atoms with E-state index >= 15 is 0 Å². The monoisotopic (exact) mass is 296 g/mol. The molecule has 1 aliphatic carbocycles. The van der Waals surface area contributed by atoms with Crippen molar-refractivity contribution in [1.29, 1.82) is 0 Å². The summed E-state index contributed by atoms with van der Waals surface area (Å²) >= 11 is 0. The van der Waals surface area contributed by atoms with Gasteiger partial charge in [-0.2, -0.15) is 0 Å². The van der Waals surface area contributed by atoms with E-state index in [4.69, 9.17) is 5.73 Å². The summed E-state index contributed by atoms with van der Waals surface area (Å²) in [7, 11) is -3.36. The number of nitrogens with two attached hydrogens (primary N) is 1. The third-order valence-electron chi connectivity index (χ3n) is 3.94. The lowest BCUT2D eigenvalue weighted by Crippen LogP contribution is -2.40. The van der Waals surface area contributed by atoms with E-state index in [0.29, 0.717) is 18.7 Å². The van der Waals surface area contributed by atoms with Gasteiger partial charge in [0.05, 0.1) is 10.6 Å². The van der Waals surface area contributed by atoms with Gasteiger partial charge in [0.1, 0.15) is 0 Å². The Hall–Kier alpha value is -1.40. The number of hydrogen-bond acceptors (Lipinski definition) is 4. The predicted molar refractivity (Wildman–Crippen MR) is 78.1 cm³/mol. The highest BCUT2D eigenvalue weighted by molar-refractivity contribution is 7.90. The molecule has 0 aliphatic heterocycles. The summed E-state index contributed by atoms with van der Waals surface area (Å²) in [6.45, 7) is 0.494. The van der Waals surface area contributed by atoms with Gasteiger partial charge in [-0.3, -0.25) is 4.79 Å². The first-order valence-electron chi connectivity index (χ1n) is 6.65. The van der Waals surface area contributed by atoms with Crippen LogP contribution in [0.25, 0.3) is 0 Å². The third-order valence-corrected chi connectivity index (χ3v) is 5.10.